The summed E-state index contributed by atoms with van der Waals surface area (Å²) in [5.41, 5.74) is 10.2. The average molecular weight is 1190 g/mol. The summed E-state index contributed by atoms with van der Waals surface area (Å²) in [5.74, 6) is -2.22. The highest BCUT2D eigenvalue weighted by molar-refractivity contribution is 7.22. The van der Waals surface area contributed by atoms with Gasteiger partial charge in [-0.15, -0.1) is 0 Å². The Labute approximate surface area is 494 Å². The first kappa shape index (κ1) is 59.4. The number of para-hydroxylation sites is 1. The van der Waals surface area contributed by atoms with E-state index >= 15 is 0 Å². The lowest BCUT2D eigenvalue weighted by molar-refractivity contribution is -0.271. The number of aliphatic hydroxyl groups excluding tert-OH is 3. The summed E-state index contributed by atoms with van der Waals surface area (Å²) in [6.07, 6.45) is -2.10. The van der Waals surface area contributed by atoms with Gasteiger partial charge in [-0.3, -0.25) is 14.8 Å². The highest BCUT2D eigenvalue weighted by Crippen LogP contribution is 2.72. The van der Waals surface area contributed by atoms with Crippen molar-refractivity contribution in [2.24, 2.45) is 22.0 Å². The van der Waals surface area contributed by atoms with Gasteiger partial charge in [-0.25, -0.2) is 24.4 Å². The molecule has 2 amide bonds. The molecule has 4 aliphatic carbocycles. The summed E-state index contributed by atoms with van der Waals surface area (Å²) in [6.45, 7) is 9.38. The van der Waals surface area contributed by atoms with Gasteiger partial charge in [-0.1, -0.05) is 49.4 Å². The lowest BCUT2D eigenvalue weighted by atomic mass is 9.39. The average Bonchev–Trinajstić information content (AvgIpc) is 2.26. The number of carboxylic acids is 2. The Bertz CT molecular complexity index is 3450. The number of carboxylic acid groups (broad SMARTS) is 2. The number of rotatable bonds is 22. The van der Waals surface area contributed by atoms with Crippen LogP contribution in [0, 0.1) is 23.2 Å². The van der Waals surface area contributed by atoms with Gasteiger partial charge in [0.2, 0.25) is 6.29 Å². The Morgan fingerprint density at radius 2 is 1.66 bits per heavy atom. The number of benzene rings is 3. The van der Waals surface area contributed by atoms with Crippen molar-refractivity contribution in [2.45, 2.75) is 122 Å². The van der Waals surface area contributed by atoms with Gasteiger partial charge in [0.25, 0.3) is 5.91 Å². The van der Waals surface area contributed by atoms with Crippen LogP contribution in [-0.4, -0.2) is 164 Å². The maximum Gasteiger partial charge on any atom is 0.409 e. The molecule has 4 saturated carbocycles. The van der Waals surface area contributed by atoms with Crippen molar-refractivity contribution in [3.63, 3.8) is 0 Å². The third-order valence-corrected chi connectivity index (χ3v) is 18.3. The van der Waals surface area contributed by atoms with Crippen molar-refractivity contribution in [3.8, 4) is 22.6 Å². The molecular formula is C61H72N8O15S. The quantitative estimate of drug-likeness (QED) is 0.0361. The van der Waals surface area contributed by atoms with Crippen molar-refractivity contribution < 1.29 is 73.1 Å². The number of amides is 2. The molecule has 452 valence electrons. The molecule has 23 nitrogen and oxygen atoms in total. The monoisotopic (exact) mass is 1190 g/mol. The molecule has 8 N–H and O–H groups in total. The number of hydrogen-bond donors (Lipinski definition) is 7. The summed E-state index contributed by atoms with van der Waals surface area (Å²) in [5, 5.41) is 60.2. The van der Waals surface area contributed by atoms with Crippen molar-refractivity contribution in [2.75, 3.05) is 63.3 Å². The molecule has 7 atom stereocenters. The Balaban J connectivity index is 0.739. The van der Waals surface area contributed by atoms with Crippen LogP contribution in [-0.2, 0) is 49.9 Å². The number of nitrogens with two attached hydrogens (primary N) is 1. The number of aliphatic carboxylic acids is 1. The van der Waals surface area contributed by atoms with Crippen LogP contribution in [0.2, 0.25) is 0 Å². The van der Waals surface area contributed by atoms with E-state index in [1.165, 1.54) is 22.3 Å². The fraction of sp³-hybridized carbons (Fsp3) is 0.492. The number of pyridine rings is 1. The first-order chi connectivity index (χ1) is 40.6. The third-order valence-electron chi connectivity index (χ3n) is 17.3. The third kappa shape index (κ3) is 12.4. The SMILES string of the molecule is Cc1c(-c2ccc(N3CCc4cccc(C(=O)Nc5nc6ccccc6s5)c4C3)nc2C(=O)O)cnn1CC12CC3(C)CC(C)(C1)CC(OCCN(C)C(=O)OCc1ccc(OCCOCCN)cc1O[C@@H]1O[C@H](C(=O)O)[C@@H](O)[C@H](O)[C@H]1O)(C3)C2. The van der Waals surface area contributed by atoms with Gasteiger partial charge in [0.05, 0.1) is 41.8 Å². The second-order valence-electron chi connectivity index (χ2n) is 24.3. The van der Waals surface area contributed by atoms with Crippen LogP contribution < -0.4 is 25.4 Å². The molecule has 6 aliphatic rings. The van der Waals surface area contributed by atoms with E-state index in [-0.39, 0.29) is 66.6 Å². The molecule has 85 heavy (non-hydrogen) atoms. The number of thiazole rings is 1. The fourth-order valence-electron chi connectivity index (χ4n) is 14.7. The normalized spacial score (nSPS) is 26.7. The molecule has 3 aromatic carbocycles. The molecule has 0 radical (unpaired) electrons. The number of likely N-dealkylation sites (N-methyl/N-ethyl adjacent to an activating group) is 1. The molecule has 5 fully saturated rings. The van der Waals surface area contributed by atoms with Gasteiger partial charge in [0.15, 0.2) is 16.9 Å². The number of nitrogens with zero attached hydrogens (tertiary/aromatic N) is 6. The zero-order chi connectivity index (χ0) is 60.0. The summed E-state index contributed by atoms with van der Waals surface area (Å²) in [4.78, 5) is 65.1. The van der Waals surface area contributed by atoms with Crippen LogP contribution >= 0.6 is 11.3 Å². The number of nitrogens with one attached hydrogen (secondary N) is 1. The highest BCUT2D eigenvalue weighted by Gasteiger charge is 2.66. The summed E-state index contributed by atoms with van der Waals surface area (Å²) in [6, 6.07) is 21.7. The molecule has 2 aliphatic heterocycles. The zero-order valence-corrected chi connectivity index (χ0v) is 48.7. The largest absolute Gasteiger partial charge is 0.491 e. The number of carbonyl (C=O) groups excluding carboxylic acids is 2. The molecule has 12 rings (SSSR count). The standard InChI is InChI=1S/C61H72N8O15S/c1-35-41(39-14-15-46(65-47(39)53(74)75)68-18-16-36-8-7-9-40(42(36)26-68)52(73)66-56-64-43-10-5-6-11-45(43)85-56)25-63-69(35)34-60-29-58(2)28-59(3,30-60)32-61(31-58,33-60)82-21-19-67(4)57(78)81-27-37-12-13-38(80-23-22-79-20-17-62)24-44(37)83-55-50(72)48(70)49(71)51(84-55)54(76)77/h5-15,24-25,48-51,55,70-72H,16-23,26-34,62H2,1-4H3,(H,74,75)(H,76,77)(H,64,66,73)/t48-,49-,50+,51-,55+,58?,59?,60?,61?/m0/s1. The van der Waals surface area contributed by atoms with Crippen molar-refractivity contribution in [3.05, 3.63) is 113 Å². The van der Waals surface area contributed by atoms with Gasteiger partial charge in [0.1, 0.15) is 48.8 Å². The van der Waals surface area contributed by atoms with Crippen molar-refractivity contribution in [1.29, 1.82) is 0 Å². The van der Waals surface area contributed by atoms with E-state index in [4.69, 9.17) is 44.2 Å². The van der Waals surface area contributed by atoms with Crippen LogP contribution in [0.4, 0.5) is 15.7 Å². The lowest BCUT2D eigenvalue weighted by Gasteiger charge is -2.69. The van der Waals surface area contributed by atoms with Crippen LogP contribution in [0.25, 0.3) is 21.3 Å². The topological polar surface area (TPSA) is 313 Å². The molecule has 2 unspecified atom stereocenters. The maximum absolute atomic E-state index is 13.8. The smallest absolute Gasteiger partial charge is 0.409 e. The first-order valence-corrected chi connectivity index (χ1v) is 29.4. The predicted molar refractivity (Wildman–Crippen MR) is 311 cm³/mol. The van der Waals surface area contributed by atoms with E-state index < -0.39 is 54.3 Å². The van der Waals surface area contributed by atoms with Gasteiger partial charge in [-0.05, 0) is 122 Å². The van der Waals surface area contributed by atoms with Gasteiger partial charge >= 0.3 is 18.0 Å². The molecule has 0 spiro atoms. The lowest BCUT2D eigenvalue weighted by Crippen LogP contribution is -2.64. The van der Waals surface area contributed by atoms with Gasteiger partial charge in [-0.2, -0.15) is 5.10 Å². The highest BCUT2D eigenvalue weighted by atomic mass is 32.1. The number of ether oxygens (including phenoxy) is 6. The van der Waals surface area contributed by atoms with E-state index in [1.54, 1.807) is 31.4 Å². The fourth-order valence-corrected chi connectivity index (χ4v) is 15.6. The molecule has 4 bridgehead atoms. The maximum atomic E-state index is 13.8. The Hall–Kier alpha value is -7.29. The summed E-state index contributed by atoms with van der Waals surface area (Å²) < 4.78 is 38.2. The van der Waals surface area contributed by atoms with E-state index in [9.17, 15) is 44.7 Å². The Morgan fingerprint density at radius 3 is 2.41 bits per heavy atom. The van der Waals surface area contributed by atoms with E-state index in [2.05, 4.69) is 24.1 Å². The molecule has 24 heteroatoms. The molecule has 5 heterocycles. The van der Waals surface area contributed by atoms with Crippen LogP contribution in [0.15, 0.2) is 79.0 Å². The van der Waals surface area contributed by atoms with E-state index in [0.717, 1.165) is 65.6 Å². The van der Waals surface area contributed by atoms with Gasteiger partial charge < -0.3 is 69.5 Å². The number of fused-ring (bicyclic) bond motifs is 2. The number of hydrogen-bond acceptors (Lipinski definition) is 19. The van der Waals surface area contributed by atoms with Crippen LogP contribution in [0.1, 0.15) is 95.6 Å². The number of carbonyl (C=O) groups is 4. The Kier molecular flexibility index (Phi) is 16.7. The van der Waals surface area contributed by atoms with E-state index in [1.807, 2.05) is 65.0 Å². The second-order valence-corrected chi connectivity index (χ2v) is 25.3. The van der Waals surface area contributed by atoms with Crippen molar-refractivity contribution >= 4 is 56.4 Å². The van der Waals surface area contributed by atoms with Gasteiger partial charge in [0, 0.05) is 73.8 Å². The van der Waals surface area contributed by atoms with E-state index in [0.29, 0.717) is 78.2 Å². The molecule has 6 aromatic rings. The second kappa shape index (κ2) is 23.9. The Morgan fingerprint density at radius 1 is 0.871 bits per heavy atom. The molecule has 3 aromatic heterocycles. The number of aromatic nitrogens is 4. The number of aromatic carboxylic acids is 1. The minimum atomic E-state index is -1.93. The summed E-state index contributed by atoms with van der Waals surface area (Å²) >= 11 is 1.41. The van der Waals surface area contributed by atoms with Crippen molar-refractivity contribution in [1.82, 2.24) is 24.6 Å². The predicted octanol–water partition coefficient (Wildman–Crippen LogP) is 6.41. The summed E-state index contributed by atoms with van der Waals surface area (Å²) in [7, 11) is 1.61. The molecule has 1 saturated heterocycles. The zero-order valence-electron chi connectivity index (χ0n) is 47.9. The molecular weight excluding hydrogens is 1120 g/mol. The minimum absolute atomic E-state index is 0.00620. The first-order valence-electron chi connectivity index (χ1n) is 28.6. The number of anilines is 2. The number of aliphatic hydroxyl groups is 3. The van der Waals surface area contributed by atoms with Crippen LogP contribution in [0.3, 0.4) is 0 Å². The minimum Gasteiger partial charge on any atom is -0.491 e. The van der Waals surface area contributed by atoms with Crippen LogP contribution in [0.5, 0.6) is 11.5 Å².